The first-order valence-electron chi connectivity index (χ1n) is 9.89. The molecule has 3 N–H and O–H groups in total. The van der Waals surface area contributed by atoms with Crippen molar-refractivity contribution in [1.82, 2.24) is 4.59 Å². The number of hydrogen-bond donors (Lipinski definition) is 2. The van der Waals surface area contributed by atoms with Crippen LogP contribution in [0.15, 0.2) is 70.0 Å². The molecule has 4 rings (SSSR count). The molecule has 9 heteroatoms. The normalized spacial score (nSPS) is 18.8. The summed E-state index contributed by atoms with van der Waals surface area (Å²) >= 11 is 0. The Morgan fingerprint density at radius 3 is 2.58 bits per heavy atom. The molecule has 0 aliphatic carbocycles. The summed E-state index contributed by atoms with van der Waals surface area (Å²) in [5, 5.41) is 8.10. The van der Waals surface area contributed by atoms with Crippen LogP contribution >= 0.6 is 0 Å². The first-order chi connectivity index (χ1) is 15.2. The number of amidine groups is 1. The largest absolute Gasteiger partial charge is 0.497 e. The molecule has 2 aliphatic heterocycles. The van der Waals surface area contributed by atoms with Crippen LogP contribution < -0.4 is 29.9 Å². The summed E-state index contributed by atoms with van der Waals surface area (Å²) in [7, 11) is 3.21. The van der Waals surface area contributed by atoms with Crippen LogP contribution in [0.2, 0.25) is 0 Å². The Kier molecular flexibility index (Phi) is 5.96. The third kappa shape index (κ3) is 4.27. The molecule has 2 aromatic carbocycles. The topological polar surface area (TPSA) is 103 Å². The van der Waals surface area contributed by atoms with E-state index in [1.54, 1.807) is 32.7 Å². The number of quaternary nitrogens is 1. The highest BCUT2D eigenvalue weighted by Gasteiger charge is 2.43. The van der Waals surface area contributed by atoms with Gasteiger partial charge in [-0.05, 0) is 24.1 Å². The van der Waals surface area contributed by atoms with Crippen molar-refractivity contribution in [3.8, 4) is 17.2 Å². The third-order valence-electron chi connectivity index (χ3n) is 4.82. The van der Waals surface area contributed by atoms with Crippen LogP contribution in [0.5, 0.6) is 17.2 Å². The van der Waals surface area contributed by atoms with Gasteiger partial charge in [0.2, 0.25) is 0 Å². The highest BCUT2D eigenvalue weighted by Crippen LogP contribution is 2.34. The van der Waals surface area contributed by atoms with Gasteiger partial charge < -0.3 is 25.3 Å². The average molecular weight is 421 g/mol. The number of nitrogens with one attached hydrogen (secondary N) is 1. The molecule has 0 radical (unpaired) electrons. The maximum atomic E-state index is 5.82. The molecule has 31 heavy (non-hydrogen) atoms. The number of benzene rings is 2. The van der Waals surface area contributed by atoms with Gasteiger partial charge in [-0.3, -0.25) is 4.99 Å². The van der Waals surface area contributed by atoms with Crippen LogP contribution in [0.25, 0.3) is 0 Å². The molecule has 0 bridgehead atoms. The summed E-state index contributed by atoms with van der Waals surface area (Å²) in [6, 6.07) is 13.3. The van der Waals surface area contributed by atoms with Gasteiger partial charge in [0.15, 0.2) is 11.9 Å². The minimum Gasteiger partial charge on any atom is -0.497 e. The second-order valence-electron chi connectivity index (χ2n) is 6.87. The van der Waals surface area contributed by atoms with Crippen molar-refractivity contribution < 1.29 is 14.2 Å². The molecule has 2 aromatic rings. The maximum absolute atomic E-state index is 5.82. The summed E-state index contributed by atoms with van der Waals surface area (Å²) in [6.07, 6.45) is 6.08. The predicted molar refractivity (Wildman–Crippen MR) is 123 cm³/mol. The van der Waals surface area contributed by atoms with Gasteiger partial charge in [-0.2, -0.15) is 4.99 Å². The van der Waals surface area contributed by atoms with Crippen LogP contribution in [-0.2, 0) is 0 Å². The molecular weight excluding hydrogens is 396 g/mol. The molecule has 9 nitrogen and oxygen atoms in total. The number of guanidine groups is 1. The van der Waals surface area contributed by atoms with E-state index >= 15 is 0 Å². The average Bonchev–Trinajstić information content (AvgIpc) is 3.18. The molecule has 160 valence electrons. The first kappa shape index (κ1) is 20.6. The third-order valence-corrected chi connectivity index (χ3v) is 4.82. The van der Waals surface area contributed by atoms with Crippen molar-refractivity contribution in [2.75, 3.05) is 32.7 Å². The lowest BCUT2D eigenvalue weighted by Crippen LogP contribution is -2.44. The van der Waals surface area contributed by atoms with E-state index in [1.165, 1.54) is 0 Å². The number of rotatable bonds is 8. The minimum absolute atomic E-state index is 0.0566. The van der Waals surface area contributed by atoms with E-state index in [0.717, 1.165) is 23.5 Å². The number of nitrogens with zero attached hydrogens (tertiary/aromatic N) is 4. The van der Waals surface area contributed by atoms with Gasteiger partial charge in [0.25, 0.3) is 11.8 Å². The van der Waals surface area contributed by atoms with E-state index in [9.17, 15) is 0 Å². The molecule has 2 heterocycles. The van der Waals surface area contributed by atoms with Crippen molar-refractivity contribution >= 4 is 29.4 Å². The Balaban J connectivity index is 1.65. The number of methoxy groups -OCH3 is 2. The van der Waals surface area contributed by atoms with Crippen molar-refractivity contribution in [3.63, 3.8) is 0 Å². The highest BCUT2D eigenvalue weighted by molar-refractivity contribution is 6.38. The van der Waals surface area contributed by atoms with Crippen LogP contribution in [0, 0.1) is 0 Å². The van der Waals surface area contributed by atoms with Gasteiger partial charge in [-0.25, -0.2) is 0 Å². The smallest absolute Gasteiger partial charge is 0.287 e. The van der Waals surface area contributed by atoms with E-state index in [1.807, 2.05) is 42.6 Å². The minimum atomic E-state index is 0.0566. The summed E-state index contributed by atoms with van der Waals surface area (Å²) in [4.78, 5) is 8.89. The van der Waals surface area contributed by atoms with Gasteiger partial charge in [0.1, 0.15) is 23.5 Å². The zero-order chi connectivity index (χ0) is 21.7. The van der Waals surface area contributed by atoms with Gasteiger partial charge in [0, 0.05) is 36.0 Å². The number of hydrogen-bond acceptors (Lipinski definition) is 8. The molecule has 0 fully saturated rings. The molecule has 0 saturated heterocycles. The van der Waals surface area contributed by atoms with Gasteiger partial charge in [-0.15, -0.1) is 0 Å². The lowest BCUT2D eigenvalue weighted by molar-refractivity contribution is 0.313. The Labute approximate surface area is 180 Å². The van der Waals surface area contributed by atoms with Crippen LogP contribution in [0.1, 0.15) is 6.42 Å². The zero-order valence-corrected chi connectivity index (χ0v) is 17.5. The van der Waals surface area contributed by atoms with Crippen molar-refractivity contribution in [2.45, 2.75) is 6.42 Å². The predicted octanol–water partition coefficient (Wildman–Crippen LogP) is 3.09. The first-order valence-corrected chi connectivity index (χ1v) is 9.89. The van der Waals surface area contributed by atoms with Crippen molar-refractivity contribution in [3.05, 3.63) is 54.9 Å². The molecule has 1 atom stereocenters. The van der Waals surface area contributed by atoms with Gasteiger partial charge >= 0.3 is 0 Å². The van der Waals surface area contributed by atoms with E-state index in [4.69, 9.17) is 25.0 Å². The molecule has 0 amide bonds. The summed E-state index contributed by atoms with van der Waals surface area (Å²) < 4.78 is 16.6. The molecule has 1 unspecified atom stereocenters. The Bertz CT molecular complexity index is 1060. The highest BCUT2D eigenvalue weighted by atomic mass is 16.5. The molecular formula is C22H25N6O3+. The molecule has 0 aromatic heterocycles. The van der Waals surface area contributed by atoms with Crippen LogP contribution in [0.4, 0.5) is 11.4 Å². The number of ether oxygens (including phenoxy) is 3. The van der Waals surface area contributed by atoms with E-state index in [2.05, 4.69) is 15.3 Å². The zero-order valence-electron chi connectivity index (χ0n) is 17.5. The monoisotopic (exact) mass is 421 g/mol. The SMILES string of the molecule is COc1cc(NC2=N[N+]3(c4cccc(OCCCN)c4)C=CN=CC3=N2)cc(OC)c1. The van der Waals surface area contributed by atoms with Crippen molar-refractivity contribution in [2.24, 2.45) is 20.8 Å². The lowest BCUT2D eigenvalue weighted by atomic mass is 10.2. The maximum Gasteiger partial charge on any atom is 0.287 e. The van der Waals surface area contributed by atoms with Gasteiger partial charge in [-0.1, -0.05) is 10.7 Å². The Morgan fingerprint density at radius 2 is 1.84 bits per heavy atom. The van der Waals surface area contributed by atoms with E-state index in [-0.39, 0.29) is 4.59 Å². The quantitative estimate of drug-likeness (QED) is 0.504. The number of aliphatic imine (C=N–C) groups is 2. The molecule has 0 spiro atoms. The standard InChI is InChI=1S/C22H25N6O3/c1-29-19-11-16(12-20(14-19)30-2)25-22-26-21-15-24-8-9-28(21,27-22)17-5-3-6-18(13-17)31-10-4-7-23/h3,5-6,8-9,11-15H,4,7,10,23H2,1-2H3,(H,25,27)/q+1. The lowest BCUT2D eigenvalue weighted by Gasteiger charge is -2.24. The van der Waals surface area contributed by atoms with E-state index < -0.39 is 0 Å². The fourth-order valence-electron chi connectivity index (χ4n) is 3.28. The summed E-state index contributed by atoms with van der Waals surface area (Å²) in [5.41, 5.74) is 7.19. The summed E-state index contributed by atoms with van der Waals surface area (Å²) in [5.74, 6) is 3.19. The number of fused-ring (bicyclic) bond motifs is 1. The number of nitrogens with two attached hydrogens (primary N) is 1. The second kappa shape index (κ2) is 8.99. The number of anilines is 1. The fourth-order valence-corrected chi connectivity index (χ4v) is 3.28. The molecule has 2 aliphatic rings. The van der Waals surface area contributed by atoms with E-state index in [0.29, 0.717) is 36.4 Å². The van der Waals surface area contributed by atoms with Gasteiger partial charge in [0.05, 0.1) is 27.0 Å². The van der Waals surface area contributed by atoms with Crippen LogP contribution in [-0.4, -0.2) is 45.4 Å². The second-order valence-corrected chi connectivity index (χ2v) is 6.87. The Morgan fingerprint density at radius 1 is 1.03 bits per heavy atom. The fraction of sp³-hybridized carbons (Fsp3) is 0.227. The molecule has 0 saturated carbocycles. The van der Waals surface area contributed by atoms with Crippen molar-refractivity contribution in [1.29, 1.82) is 0 Å². The Hall–Kier alpha value is -3.69. The summed E-state index contributed by atoms with van der Waals surface area (Å²) in [6.45, 7) is 1.15. The van der Waals surface area contributed by atoms with Crippen LogP contribution in [0.3, 0.4) is 0 Å².